The fourth-order valence-electron chi connectivity index (χ4n) is 1.85. The van der Waals surface area contributed by atoms with Gasteiger partial charge in [-0.2, -0.15) is 0 Å². The summed E-state index contributed by atoms with van der Waals surface area (Å²) in [6.07, 6.45) is 4.61. The SMILES string of the molecule is CCC(CC)C(Cl)(CC)CC.N. The lowest BCUT2D eigenvalue weighted by atomic mass is 9.83. The molecule has 2 heteroatoms. The van der Waals surface area contributed by atoms with Crippen molar-refractivity contribution in [1.29, 1.82) is 0 Å². The molecule has 76 valence electrons. The Morgan fingerprint density at radius 1 is 1.00 bits per heavy atom. The lowest BCUT2D eigenvalue weighted by Gasteiger charge is -2.32. The van der Waals surface area contributed by atoms with Crippen molar-refractivity contribution in [3.8, 4) is 0 Å². The molecule has 0 fully saturated rings. The first-order valence-electron chi connectivity index (χ1n) is 4.83. The Balaban J connectivity index is 0. The Labute approximate surface area is 82.5 Å². The van der Waals surface area contributed by atoms with Gasteiger partial charge in [0, 0.05) is 4.87 Å². The number of halogens is 1. The summed E-state index contributed by atoms with van der Waals surface area (Å²) >= 11 is 6.47. The first-order chi connectivity index (χ1) is 5.14. The van der Waals surface area contributed by atoms with E-state index < -0.39 is 0 Å². The van der Waals surface area contributed by atoms with Crippen molar-refractivity contribution in [2.75, 3.05) is 0 Å². The third-order valence-electron chi connectivity index (χ3n) is 2.89. The molecule has 0 rings (SSSR count). The van der Waals surface area contributed by atoms with Crippen LogP contribution in [0.2, 0.25) is 0 Å². The predicted molar refractivity (Wildman–Crippen MR) is 58.3 cm³/mol. The minimum atomic E-state index is 0. The van der Waals surface area contributed by atoms with E-state index in [0.29, 0.717) is 5.92 Å². The van der Waals surface area contributed by atoms with E-state index in [0.717, 1.165) is 12.8 Å². The van der Waals surface area contributed by atoms with Crippen molar-refractivity contribution in [3.05, 3.63) is 0 Å². The Bertz CT molecular complexity index is 96.0. The molecule has 0 atom stereocenters. The van der Waals surface area contributed by atoms with Crippen LogP contribution in [0.25, 0.3) is 0 Å². The van der Waals surface area contributed by atoms with Crippen LogP contribution in [0, 0.1) is 5.92 Å². The molecule has 0 saturated heterocycles. The lowest BCUT2D eigenvalue weighted by Crippen LogP contribution is -2.29. The summed E-state index contributed by atoms with van der Waals surface area (Å²) in [5.41, 5.74) is 0. The number of alkyl halides is 1. The number of hydrogen-bond donors (Lipinski definition) is 1. The average Bonchev–Trinajstić information content (AvgIpc) is 2.06. The fourth-order valence-corrected chi connectivity index (χ4v) is 2.16. The van der Waals surface area contributed by atoms with E-state index in [1.807, 2.05) is 0 Å². The molecule has 0 aromatic rings. The monoisotopic (exact) mass is 193 g/mol. The molecule has 0 bridgehead atoms. The molecule has 0 aromatic carbocycles. The van der Waals surface area contributed by atoms with Gasteiger partial charge in [0.2, 0.25) is 0 Å². The van der Waals surface area contributed by atoms with Gasteiger partial charge in [-0.05, 0) is 18.8 Å². The summed E-state index contributed by atoms with van der Waals surface area (Å²) in [6.45, 7) is 8.84. The van der Waals surface area contributed by atoms with Gasteiger partial charge in [0.15, 0.2) is 0 Å². The van der Waals surface area contributed by atoms with E-state index in [9.17, 15) is 0 Å². The molecular formula is C10H24ClN. The third-order valence-corrected chi connectivity index (χ3v) is 3.74. The van der Waals surface area contributed by atoms with Gasteiger partial charge in [0.25, 0.3) is 0 Å². The second kappa shape index (κ2) is 6.73. The summed E-state index contributed by atoms with van der Waals surface area (Å²) in [7, 11) is 0. The van der Waals surface area contributed by atoms with Crippen LogP contribution < -0.4 is 6.15 Å². The van der Waals surface area contributed by atoms with Gasteiger partial charge < -0.3 is 6.15 Å². The van der Waals surface area contributed by atoms with Crippen LogP contribution in [0.4, 0.5) is 0 Å². The molecule has 0 unspecified atom stereocenters. The van der Waals surface area contributed by atoms with Gasteiger partial charge in [-0.1, -0.05) is 40.5 Å². The molecule has 0 aromatic heterocycles. The Morgan fingerprint density at radius 2 is 1.33 bits per heavy atom. The standard InChI is InChI=1S/C10H21Cl.H3N/c1-5-9(6-2)10(11,7-3)8-4;/h9H,5-8H2,1-4H3;1H3. The van der Waals surface area contributed by atoms with Gasteiger partial charge in [-0.15, -0.1) is 11.6 Å². The van der Waals surface area contributed by atoms with E-state index in [1.165, 1.54) is 12.8 Å². The highest BCUT2D eigenvalue weighted by molar-refractivity contribution is 6.24. The number of hydrogen-bond acceptors (Lipinski definition) is 1. The van der Waals surface area contributed by atoms with E-state index in [-0.39, 0.29) is 11.0 Å². The molecule has 12 heavy (non-hydrogen) atoms. The van der Waals surface area contributed by atoms with Crippen LogP contribution in [0.3, 0.4) is 0 Å². The first kappa shape index (κ1) is 14.8. The summed E-state index contributed by atoms with van der Waals surface area (Å²) in [5.74, 6) is 0.694. The van der Waals surface area contributed by atoms with Gasteiger partial charge in [0.1, 0.15) is 0 Å². The van der Waals surface area contributed by atoms with Gasteiger partial charge in [-0.25, -0.2) is 0 Å². The Kier molecular flexibility index (Phi) is 8.28. The smallest absolute Gasteiger partial charge is 0.0469 e. The third kappa shape index (κ3) is 3.32. The number of rotatable bonds is 5. The van der Waals surface area contributed by atoms with E-state index in [1.54, 1.807) is 0 Å². The molecule has 0 aliphatic heterocycles. The van der Waals surface area contributed by atoms with Crippen molar-refractivity contribution >= 4 is 11.6 Å². The van der Waals surface area contributed by atoms with Gasteiger partial charge >= 0.3 is 0 Å². The molecule has 0 aliphatic rings. The van der Waals surface area contributed by atoms with Crippen LogP contribution in [0.5, 0.6) is 0 Å². The van der Waals surface area contributed by atoms with Crippen LogP contribution >= 0.6 is 11.6 Å². The normalized spacial score (nSPS) is 11.5. The largest absolute Gasteiger partial charge is 0.344 e. The quantitative estimate of drug-likeness (QED) is 0.647. The van der Waals surface area contributed by atoms with Crippen LogP contribution in [-0.2, 0) is 0 Å². The zero-order valence-corrected chi connectivity index (χ0v) is 9.75. The van der Waals surface area contributed by atoms with Crippen LogP contribution in [-0.4, -0.2) is 4.87 Å². The minimum absolute atomic E-state index is 0. The highest BCUT2D eigenvalue weighted by Gasteiger charge is 2.30. The topological polar surface area (TPSA) is 35.0 Å². The molecule has 0 aliphatic carbocycles. The van der Waals surface area contributed by atoms with Crippen molar-refractivity contribution in [2.24, 2.45) is 5.92 Å². The zero-order chi connectivity index (χ0) is 8.91. The Morgan fingerprint density at radius 3 is 1.42 bits per heavy atom. The molecule has 3 N–H and O–H groups in total. The molecule has 0 amide bonds. The zero-order valence-electron chi connectivity index (χ0n) is 8.99. The van der Waals surface area contributed by atoms with Gasteiger partial charge in [0.05, 0.1) is 0 Å². The van der Waals surface area contributed by atoms with Gasteiger partial charge in [-0.3, -0.25) is 0 Å². The second-order valence-corrected chi connectivity index (χ2v) is 4.01. The Hall–Kier alpha value is 0.250. The van der Waals surface area contributed by atoms with E-state index in [2.05, 4.69) is 27.7 Å². The van der Waals surface area contributed by atoms with E-state index in [4.69, 9.17) is 11.6 Å². The predicted octanol–water partition coefficient (Wildman–Crippen LogP) is 4.38. The van der Waals surface area contributed by atoms with Crippen molar-refractivity contribution < 1.29 is 0 Å². The minimum Gasteiger partial charge on any atom is -0.344 e. The first-order valence-corrected chi connectivity index (χ1v) is 5.21. The highest BCUT2D eigenvalue weighted by atomic mass is 35.5. The second-order valence-electron chi connectivity index (χ2n) is 3.26. The highest BCUT2D eigenvalue weighted by Crippen LogP contribution is 2.36. The maximum absolute atomic E-state index is 6.47. The maximum Gasteiger partial charge on any atom is 0.0469 e. The summed E-state index contributed by atoms with van der Waals surface area (Å²) in [4.78, 5) is 0.0729. The van der Waals surface area contributed by atoms with Crippen LogP contribution in [0.15, 0.2) is 0 Å². The molecular weight excluding hydrogens is 170 g/mol. The molecule has 0 radical (unpaired) electrons. The maximum atomic E-state index is 6.47. The van der Waals surface area contributed by atoms with E-state index >= 15 is 0 Å². The van der Waals surface area contributed by atoms with Crippen LogP contribution in [0.1, 0.15) is 53.4 Å². The molecule has 0 heterocycles. The summed E-state index contributed by atoms with van der Waals surface area (Å²) < 4.78 is 0. The van der Waals surface area contributed by atoms with Crippen molar-refractivity contribution in [1.82, 2.24) is 6.15 Å². The molecule has 0 spiro atoms. The molecule has 1 nitrogen and oxygen atoms in total. The van der Waals surface area contributed by atoms with Crippen molar-refractivity contribution in [3.63, 3.8) is 0 Å². The summed E-state index contributed by atoms with van der Waals surface area (Å²) in [6, 6.07) is 0. The van der Waals surface area contributed by atoms with Crippen molar-refractivity contribution in [2.45, 2.75) is 58.3 Å². The fraction of sp³-hybridized carbons (Fsp3) is 1.00. The molecule has 0 saturated carbocycles. The lowest BCUT2D eigenvalue weighted by molar-refractivity contribution is 0.327. The summed E-state index contributed by atoms with van der Waals surface area (Å²) in [5, 5.41) is 0. The average molecular weight is 194 g/mol.